The Bertz CT molecular complexity index is 1350. The third-order valence-corrected chi connectivity index (χ3v) is 5.89. The molecule has 1 saturated heterocycles. The van der Waals surface area contributed by atoms with Gasteiger partial charge < -0.3 is 5.32 Å². The first-order chi connectivity index (χ1) is 16.3. The van der Waals surface area contributed by atoms with Crippen molar-refractivity contribution in [3.8, 4) is 5.69 Å². The lowest BCUT2D eigenvalue weighted by atomic mass is 10.2. The Balaban J connectivity index is 1.42. The summed E-state index contributed by atoms with van der Waals surface area (Å²) in [4.78, 5) is 51.0. The largest absolute Gasteiger partial charge is 0.349 e. The number of aryl methyl sites for hydroxylation is 1. The van der Waals surface area contributed by atoms with Crippen molar-refractivity contribution in [3.05, 3.63) is 98.6 Å². The van der Waals surface area contributed by atoms with Crippen LogP contribution in [0.4, 0.5) is 9.18 Å². The number of imide groups is 1. The summed E-state index contributed by atoms with van der Waals surface area (Å²) in [7, 11) is 0. The first-order valence-electron chi connectivity index (χ1n) is 10.3. The predicted molar refractivity (Wildman–Crippen MR) is 126 cm³/mol. The third kappa shape index (κ3) is 4.96. The van der Waals surface area contributed by atoms with Crippen molar-refractivity contribution in [2.75, 3.05) is 13.1 Å². The van der Waals surface area contributed by atoms with Gasteiger partial charge >= 0.3 is 0 Å². The van der Waals surface area contributed by atoms with Crippen LogP contribution in [0.5, 0.6) is 0 Å². The molecule has 0 bridgehead atoms. The monoisotopic (exact) mass is 478 g/mol. The number of hydrogen-bond donors (Lipinski definition) is 1. The van der Waals surface area contributed by atoms with Crippen LogP contribution in [0.3, 0.4) is 0 Å². The molecule has 0 aliphatic carbocycles. The summed E-state index contributed by atoms with van der Waals surface area (Å²) in [5, 5.41) is 6.26. The topological polar surface area (TPSA) is 101 Å². The van der Waals surface area contributed by atoms with E-state index in [1.54, 1.807) is 19.1 Å². The van der Waals surface area contributed by atoms with E-state index in [-0.39, 0.29) is 23.7 Å². The number of amides is 3. The highest BCUT2D eigenvalue weighted by Gasteiger charge is 2.34. The molecule has 0 saturated carbocycles. The third-order valence-electron chi connectivity index (χ3n) is 4.99. The van der Waals surface area contributed by atoms with E-state index in [9.17, 15) is 23.6 Å². The number of hydrogen-bond acceptors (Lipinski definition) is 6. The molecular formula is C24H19FN4O4S. The molecule has 1 aliphatic heterocycles. The molecule has 1 N–H and O–H groups in total. The van der Waals surface area contributed by atoms with E-state index >= 15 is 0 Å². The van der Waals surface area contributed by atoms with E-state index in [1.807, 2.05) is 18.2 Å². The van der Waals surface area contributed by atoms with Crippen LogP contribution in [0.25, 0.3) is 11.8 Å². The number of halogens is 1. The van der Waals surface area contributed by atoms with Gasteiger partial charge in [-0.1, -0.05) is 30.3 Å². The molecule has 4 rings (SSSR count). The lowest BCUT2D eigenvalue weighted by Crippen LogP contribution is -2.39. The number of thioether (sulfide) groups is 1. The van der Waals surface area contributed by atoms with Crippen molar-refractivity contribution in [3.63, 3.8) is 0 Å². The Hall–Kier alpha value is -4.05. The van der Waals surface area contributed by atoms with Crippen LogP contribution in [0.15, 0.2) is 70.4 Å². The number of nitrogens with one attached hydrogen (secondary N) is 1. The molecule has 172 valence electrons. The van der Waals surface area contributed by atoms with Gasteiger partial charge in [0.2, 0.25) is 5.43 Å². The van der Waals surface area contributed by atoms with E-state index in [1.165, 1.54) is 41.1 Å². The van der Waals surface area contributed by atoms with Gasteiger partial charge in [-0.15, -0.1) is 0 Å². The summed E-state index contributed by atoms with van der Waals surface area (Å²) >= 11 is 0.766. The normalized spacial score (nSPS) is 14.6. The molecule has 0 spiro atoms. The lowest BCUT2D eigenvalue weighted by molar-refractivity contribution is -0.122. The Labute approximate surface area is 198 Å². The highest BCUT2D eigenvalue weighted by Crippen LogP contribution is 2.31. The van der Waals surface area contributed by atoms with E-state index in [2.05, 4.69) is 10.4 Å². The van der Waals surface area contributed by atoms with Gasteiger partial charge in [0.15, 0.2) is 5.69 Å². The zero-order chi connectivity index (χ0) is 24.2. The molecule has 1 fully saturated rings. The van der Waals surface area contributed by atoms with Gasteiger partial charge in [0.25, 0.3) is 17.1 Å². The minimum Gasteiger partial charge on any atom is -0.349 e. The van der Waals surface area contributed by atoms with E-state index in [0.717, 1.165) is 16.7 Å². The fourth-order valence-corrected chi connectivity index (χ4v) is 4.17. The minimum atomic E-state index is -0.705. The molecule has 0 atom stereocenters. The molecule has 2 heterocycles. The number of aromatic nitrogens is 2. The van der Waals surface area contributed by atoms with Crippen LogP contribution in [0.2, 0.25) is 0 Å². The second-order valence-corrected chi connectivity index (χ2v) is 8.38. The number of carbonyl (C=O) groups is 3. The van der Waals surface area contributed by atoms with Crippen molar-refractivity contribution < 1.29 is 18.8 Å². The molecule has 0 unspecified atom stereocenters. The minimum absolute atomic E-state index is 0.0545. The highest BCUT2D eigenvalue weighted by atomic mass is 32.2. The average molecular weight is 479 g/mol. The highest BCUT2D eigenvalue weighted by molar-refractivity contribution is 8.18. The van der Waals surface area contributed by atoms with Gasteiger partial charge in [0.1, 0.15) is 5.82 Å². The molecular weight excluding hydrogens is 459 g/mol. The van der Waals surface area contributed by atoms with Crippen molar-refractivity contribution >= 4 is 34.9 Å². The quantitative estimate of drug-likeness (QED) is 0.547. The molecule has 3 aromatic rings. The van der Waals surface area contributed by atoms with Gasteiger partial charge in [0.05, 0.1) is 10.6 Å². The fourth-order valence-electron chi connectivity index (χ4n) is 3.30. The van der Waals surface area contributed by atoms with Crippen LogP contribution in [-0.2, 0) is 4.79 Å². The Morgan fingerprint density at radius 3 is 2.50 bits per heavy atom. The van der Waals surface area contributed by atoms with Crippen LogP contribution in [0, 0.1) is 12.7 Å². The second-order valence-electron chi connectivity index (χ2n) is 7.39. The maximum Gasteiger partial charge on any atom is 0.293 e. The second kappa shape index (κ2) is 9.84. The van der Waals surface area contributed by atoms with Gasteiger partial charge in [-0.2, -0.15) is 5.10 Å². The summed E-state index contributed by atoms with van der Waals surface area (Å²) in [5.41, 5.74) is 1.02. The molecule has 0 radical (unpaired) electrons. The number of rotatable bonds is 6. The Morgan fingerprint density at radius 1 is 1.09 bits per heavy atom. The van der Waals surface area contributed by atoms with Crippen LogP contribution in [-0.4, -0.2) is 44.8 Å². The van der Waals surface area contributed by atoms with Crippen molar-refractivity contribution in [1.82, 2.24) is 20.0 Å². The fraction of sp³-hybridized carbons (Fsp3) is 0.125. The molecule has 3 amide bonds. The number of nitrogens with zero attached hydrogens (tertiary/aromatic N) is 3. The van der Waals surface area contributed by atoms with Crippen molar-refractivity contribution in [2.24, 2.45) is 0 Å². The average Bonchev–Trinajstić information content (AvgIpc) is 3.08. The number of carbonyl (C=O) groups excluding carboxylic acids is 3. The van der Waals surface area contributed by atoms with Gasteiger partial charge in [-0.25, -0.2) is 9.07 Å². The molecule has 10 heteroatoms. The molecule has 1 aromatic heterocycles. The zero-order valence-electron chi connectivity index (χ0n) is 18.0. The van der Waals surface area contributed by atoms with Gasteiger partial charge in [0, 0.05) is 24.8 Å². The zero-order valence-corrected chi connectivity index (χ0v) is 18.8. The summed E-state index contributed by atoms with van der Waals surface area (Å²) < 4.78 is 14.6. The first kappa shape index (κ1) is 23.1. The van der Waals surface area contributed by atoms with Crippen LogP contribution < -0.4 is 10.7 Å². The van der Waals surface area contributed by atoms with Crippen molar-refractivity contribution in [2.45, 2.75) is 6.92 Å². The molecule has 8 nitrogen and oxygen atoms in total. The van der Waals surface area contributed by atoms with E-state index in [4.69, 9.17) is 0 Å². The van der Waals surface area contributed by atoms with Gasteiger partial charge in [-0.3, -0.25) is 24.1 Å². The maximum absolute atomic E-state index is 13.1. The van der Waals surface area contributed by atoms with E-state index < -0.39 is 28.3 Å². The first-order valence-corrected chi connectivity index (χ1v) is 11.1. The Kier molecular flexibility index (Phi) is 6.69. The standard InChI is InChI=1S/C24H19FN4O4S/c1-15-13-19(30)21(27-29(15)18-5-3-2-4-6-18)22(31)26-11-12-28-23(32)20(34-24(28)33)14-16-7-9-17(25)10-8-16/h2-10,13-14H,11-12H2,1H3,(H,26,31)/b20-14-. The van der Waals surface area contributed by atoms with Crippen molar-refractivity contribution in [1.29, 1.82) is 0 Å². The van der Waals surface area contributed by atoms with Crippen LogP contribution in [0.1, 0.15) is 21.7 Å². The molecule has 34 heavy (non-hydrogen) atoms. The van der Waals surface area contributed by atoms with E-state index in [0.29, 0.717) is 16.9 Å². The smallest absolute Gasteiger partial charge is 0.293 e. The SMILES string of the molecule is Cc1cc(=O)c(C(=O)NCCN2C(=O)S/C(=C\c3ccc(F)cc3)C2=O)nn1-c1ccccc1. The molecule has 1 aliphatic rings. The number of para-hydroxylation sites is 1. The summed E-state index contributed by atoms with van der Waals surface area (Å²) in [6.45, 7) is 1.58. The Morgan fingerprint density at radius 2 is 1.79 bits per heavy atom. The maximum atomic E-state index is 13.1. The lowest BCUT2D eigenvalue weighted by Gasteiger charge is -2.14. The van der Waals surface area contributed by atoms with Gasteiger partial charge in [-0.05, 0) is 54.6 Å². The molecule has 2 aromatic carbocycles. The summed E-state index contributed by atoms with van der Waals surface area (Å²) in [6, 6.07) is 15.9. The summed E-state index contributed by atoms with van der Waals surface area (Å²) in [5.74, 6) is -1.61. The predicted octanol–water partition coefficient (Wildman–Crippen LogP) is 3.15. The number of benzene rings is 2. The van der Waals surface area contributed by atoms with Crippen LogP contribution >= 0.6 is 11.8 Å². The summed E-state index contributed by atoms with van der Waals surface area (Å²) in [6.07, 6.45) is 1.51.